The van der Waals surface area contributed by atoms with Gasteiger partial charge in [-0.3, -0.25) is 9.59 Å². The minimum atomic E-state index is -1.00. The molecule has 1 aliphatic rings. The maximum atomic E-state index is 13.4. The van der Waals surface area contributed by atoms with Crippen LogP contribution in [0.3, 0.4) is 0 Å². The molecule has 0 bridgehead atoms. The summed E-state index contributed by atoms with van der Waals surface area (Å²) in [5.74, 6) is -0.314. The summed E-state index contributed by atoms with van der Waals surface area (Å²) in [5, 5.41) is 3.03. The zero-order chi connectivity index (χ0) is 20.6. The number of carbonyl (C=O) groups excluding carboxylic acids is 2. The van der Waals surface area contributed by atoms with Gasteiger partial charge < -0.3 is 24.1 Å². The van der Waals surface area contributed by atoms with Crippen LogP contribution in [0.15, 0.2) is 53.1 Å². The zero-order valence-corrected chi connectivity index (χ0v) is 17.0. The molecule has 1 unspecified atom stereocenters. The van der Waals surface area contributed by atoms with Gasteiger partial charge in [0.15, 0.2) is 5.58 Å². The minimum Gasteiger partial charge on any atom is -0.463 e. The molecular weight excluding hydrogens is 368 g/mol. The molecule has 1 atom stereocenters. The summed E-state index contributed by atoms with van der Waals surface area (Å²) in [5.41, 5.74) is 2.08. The molecule has 3 aromatic rings. The molecule has 1 aromatic carbocycles. The topological polar surface area (TPSA) is 70.7 Å². The van der Waals surface area contributed by atoms with Crippen molar-refractivity contribution in [3.05, 3.63) is 60.0 Å². The lowest BCUT2D eigenvalue weighted by Gasteiger charge is -2.44. The molecule has 0 spiro atoms. The zero-order valence-electron chi connectivity index (χ0n) is 17.0. The van der Waals surface area contributed by atoms with Crippen LogP contribution in [-0.2, 0) is 17.9 Å². The Labute approximate surface area is 169 Å². The van der Waals surface area contributed by atoms with Crippen molar-refractivity contribution in [1.29, 1.82) is 0 Å². The highest BCUT2D eigenvalue weighted by molar-refractivity contribution is 6.02. The monoisotopic (exact) mass is 394 g/mol. The van der Waals surface area contributed by atoms with Crippen molar-refractivity contribution in [1.82, 2.24) is 19.7 Å². The molecule has 0 fully saturated rings. The van der Waals surface area contributed by atoms with Crippen LogP contribution < -0.4 is 5.32 Å². The van der Waals surface area contributed by atoms with Gasteiger partial charge in [0.1, 0.15) is 11.2 Å². The number of hydrogen-bond acceptors (Lipinski definition) is 4. The Morgan fingerprint density at radius 3 is 2.72 bits per heavy atom. The second kappa shape index (κ2) is 7.40. The van der Waals surface area contributed by atoms with Gasteiger partial charge in [0.05, 0.1) is 18.3 Å². The summed E-state index contributed by atoms with van der Waals surface area (Å²) in [7, 11) is 3.91. The fourth-order valence-electron chi connectivity index (χ4n) is 3.89. The molecule has 3 heterocycles. The smallest absolute Gasteiger partial charge is 0.271 e. The van der Waals surface area contributed by atoms with Crippen molar-refractivity contribution in [3.8, 4) is 0 Å². The number of rotatable bonds is 6. The van der Waals surface area contributed by atoms with Gasteiger partial charge in [0, 0.05) is 31.8 Å². The van der Waals surface area contributed by atoms with E-state index in [1.165, 1.54) is 0 Å². The molecule has 0 radical (unpaired) electrons. The van der Waals surface area contributed by atoms with Crippen molar-refractivity contribution >= 4 is 22.9 Å². The maximum absolute atomic E-state index is 13.4. The summed E-state index contributed by atoms with van der Waals surface area (Å²) >= 11 is 0. The van der Waals surface area contributed by atoms with E-state index in [4.69, 9.17) is 4.42 Å². The van der Waals surface area contributed by atoms with E-state index in [-0.39, 0.29) is 11.8 Å². The molecule has 29 heavy (non-hydrogen) atoms. The van der Waals surface area contributed by atoms with Crippen LogP contribution >= 0.6 is 0 Å². The van der Waals surface area contributed by atoms with Gasteiger partial charge in [-0.15, -0.1) is 0 Å². The van der Waals surface area contributed by atoms with Gasteiger partial charge in [0.25, 0.3) is 5.91 Å². The maximum Gasteiger partial charge on any atom is 0.271 e. The standard InChI is InChI=1S/C22H26N4O3/c1-22(21(28)23-14-16-7-5-4-6-8-16)15-25-17-9-12-29-19(17)13-18(25)20(27)26(22)11-10-24(2)3/h4-9,12-13H,10-11,14-15H2,1-3H3,(H,23,28). The Morgan fingerprint density at radius 1 is 1.24 bits per heavy atom. The van der Waals surface area contributed by atoms with E-state index in [1.54, 1.807) is 17.2 Å². The number of aromatic nitrogens is 1. The first-order chi connectivity index (χ1) is 13.9. The van der Waals surface area contributed by atoms with Crippen LogP contribution in [0.2, 0.25) is 0 Å². The van der Waals surface area contributed by atoms with Gasteiger partial charge in [0.2, 0.25) is 5.91 Å². The third kappa shape index (κ3) is 3.42. The molecule has 152 valence electrons. The Kier molecular flexibility index (Phi) is 4.92. The van der Waals surface area contributed by atoms with E-state index < -0.39 is 5.54 Å². The lowest BCUT2D eigenvalue weighted by atomic mass is 9.94. The number of benzene rings is 1. The SMILES string of the molecule is CN(C)CCN1C(=O)c2cc3occc3n2CC1(C)C(=O)NCc1ccccc1. The van der Waals surface area contributed by atoms with Crippen LogP contribution in [0.1, 0.15) is 23.0 Å². The highest BCUT2D eigenvalue weighted by Gasteiger charge is 2.47. The average molecular weight is 394 g/mol. The molecule has 7 heteroatoms. The van der Waals surface area contributed by atoms with Gasteiger partial charge in [-0.2, -0.15) is 0 Å². The quantitative estimate of drug-likeness (QED) is 0.697. The van der Waals surface area contributed by atoms with Crippen LogP contribution in [0, 0.1) is 0 Å². The van der Waals surface area contributed by atoms with Gasteiger partial charge in [-0.1, -0.05) is 30.3 Å². The number of carbonyl (C=O) groups is 2. The van der Waals surface area contributed by atoms with Crippen molar-refractivity contribution in [2.45, 2.75) is 25.6 Å². The van der Waals surface area contributed by atoms with E-state index in [0.717, 1.165) is 11.1 Å². The normalized spacial score (nSPS) is 19.0. The second-order valence-corrected chi connectivity index (χ2v) is 7.99. The molecule has 0 saturated heterocycles. The number of likely N-dealkylation sites (N-methyl/N-ethyl adjacent to an activating group) is 1. The summed E-state index contributed by atoms with van der Waals surface area (Å²) in [6.07, 6.45) is 1.60. The molecule has 7 nitrogen and oxygen atoms in total. The first-order valence-corrected chi connectivity index (χ1v) is 9.76. The van der Waals surface area contributed by atoms with E-state index in [1.807, 2.05) is 66.9 Å². The fourth-order valence-corrected chi connectivity index (χ4v) is 3.89. The predicted octanol–water partition coefficient (Wildman–Crippen LogP) is 2.33. The number of fused-ring (bicyclic) bond motifs is 3. The summed E-state index contributed by atoms with van der Waals surface area (Å²) in [6.45, 7) is 3.78. The lowest BCUT2D eigenvalue weighted by molar-refractivity contribution is -0.133. The number of hydrogen-bond donors (Lipinski definition) is 1. The molecular formula is C22H26N4O3. The van der Waals surface area contributed by atoms with Gasteiger partial charge in [-0.05, 0) is 26.6 Å². The lowest BCUT2D eigenvalue weighted by Crippen LogP contribution is -2.64. The number of nitrogens with one attached hydrogen (secondary N) is 1. The summed E-state index contributed by atoms with van der Waals surface area (Å²) in [4.78, 5) is 30.4. The van der Waals surface area contributed by atoms with E-state index in [9.17, 15) is 9.59 Å². The van der Waals surface area contributed by atoms with E-state index in [0.29, 0.717) is 37.5 Å². The van der Waals surface area contributed by atoms with Crippen LogP contribution in [0.4, 0.5) is 0 Å². The Hall–Kier alpha value is -3.06. The van der Waals surface area contributed by atoms with Crippen molar-refractivity contribution in [3.63, 3.8) is 0 Å². The predicted molar refractivity (Wildman–Crippen MR) is 110 cm³/mol. The summed E-state index contributed by atoms with van der Waals surface area (Å²) in [6, 6.07) is 13.4. The fraction of sp³-hybridized carbons (Fsp3) is 0.364. The Bertz CT molecular complexity index is 1040. The van der Waals surface area contributed by atoms with E-state index >= 15 is 0 Å². The third-order valence-electron chi connectivity index (χ3n) is 5.60. The van der Waals surface area contributed by atoms with E-state index in [2.05, 4.69) is 5.32 Å². The molecule has 4 rings (SSSR count). The Balaban J connectivity index is 1.66. The minimum absolute atomic E-state index is 0.151. The van der Waals surface area contributed by atoms with Gasteiger partial charge >= 0.3 is 0 Å². The van der Waals surface area contributed by atoms with Crippen LogP contribution in [0.25, 0.3) is 11.1 Å². The number of nitrogens with zero attached hydrogens (tertiary/aromatic N) is 3. The van der Waals surface area contributed by atoms with Crippen molar-refractivity contribution in [2.24, 2.45) is 0 Å². The molecule has 0 saturated carbocycles. The second-order valence-electron chi connectivity index (χ2n) is 7.99. The van der Waals surface area contributed by atoms with Crippen LogP contribution in [0.5, 0.6) is 0 Å². The third-order valence-corrected chi connectivity index (χ3v) is 5.60. The largest absolute Gasteiger partial charge is 0.463 e. The molecule has 0 aliphatic carbocycles. The highest BCUT2D eigenvalue weighted by Crippen LogP contribution is 2.32. The molecule has 2 amide bonds. The highest BCUT2D eigenvalue weighted by atomic mass is 16.3. The average Bonchev–Trinajstić information content (AvgIpc) is 3.29. The van der Waals surface area contributed by atoms with Crippen LogP contribution in [-0.4, -0.2) is 58.9 Å². The number of amides is 2. The van der Waals surface area contributed by atoms with Gasteiger partial charge in [-0.25, -0.2) is 0 Å². The number of furan rings is 1. The molecule has 2 aromatic heterocycles. The Morgan fingerprint density at radius 2 is 2.00 bits per heavy atom. The van der Waals surface area contributed by atoms with Crippen molar-refractivity contribution < 1.29 is 14.0 Å². The first-order valence-electron chi connectivity index (χ1n) is 9.76. The summed E-state index contributed by atoms with van der Waals surface area (Å²) < 4.78 is 7.38. The van der Waals surface area contributed by atoms with Crippen molar-refractivity contribution in [2.75, 3.05) is 27.2 Å². The molecule has 1 aliphatic heterocycles. The first kappa shape index (κ1) is 19.3. The molecule has 1 N–H and O–H groups in total.